The summed E-state index contributed by atoms with van der Waals surface area (Å²) in [5, 5.41) is 6.15. The second-order valence-corrected chi connectivity index (χ2v) is 4.60. The number of nitrogens with one attached hydrogen (secondary N) is 2. The minimum absolute atomic E-state index is 0.0247. The zero-order chi connectivity index (χ0) is 14.2. The lowest BCUT2D eigenvalue weighted by Gasteiger charge is -2.07. The van der Waals surface area contributed by atoms with Crippen LogP contribution in [-0.2, 0) is 6.42 Å². The lowest BCUT2D eigenvalue weighted by atomic mass is 10.1. The third-order valence-corrected chi connectivity index (χ3v) is 3.07. The topological polar surface area (TPSA) is 41.1 Å². The highest BCUT2D eigenvalue weighted by Gasteiger charge is 2.02. The van der Waals surface area contributed by atoms with Crippen molar-refractivity contribution in [3.8, 4) is 0 Å². The fourth-order valence-corrected chi connectivity index (χ4v) is 2.00. The van der Waals surface area contributed by atoms with E-state index in [1.807, 2.05) is 37.3 Å². The molecule has 20 heavy (non-hydrogen) atoms. The van der Waals surface area contributed by atoms with Crippen LogP contribution in [0.1, 0.15) is 22.8 Å². The summed E-state index contributed by atoms with van der Waals surface area (Å²) in [6, 6.07) is 17.9. The van der Waals surface area contributed by atoms with Gasteiger partial charge in [-0.25, -0.2) is 0 Å². The number of hydrogen-bond donors (Lipinski definition) is 2. The zero-order valence-electron chi connectivity index (χ0n) is 11.7. The normalized spacial score (nSPS) is 10.1. The lowest BCUT2D eigenvalue weighted by molar-refractivity contribution is 0.0956. The molecule has 0 heterocycles. The predicted molar refractivity (Wildman–Crippen MR) is 83.1 cm³/mol. The molecule has 0 atom stereocenters. The van der Waals surface area contributed by atoms with Crippen LogP contribution in [0.25, 0.3) is 0 Å². The number of carbonyl (C=O) groups excluding carboxylic acids is 1. The maximum atomic E-state index is 11.6. The van der Waals surface area contributed by atoms with Crippen molar-refractivity contribution in [2.45, 2.75) is 13.3 Å². The molecular weight excluding hydrogens is 248 g/mol. The predicted octanol–water partition coefficient (Wildman–Crippen LogP) is 3.09. The van der Waals surface area contributed by atoms with Gasteiger partial charge in [0, 0.05) is 24.3 Å². The quantitative estimate of drug-likeness (QED) is 0.845. The summed E-state index contributed by atoms with van der Waals surface area (Å²) in [6.07, 6.45) is 0.985. The molecule has 0 bridgehead atoms. The van der Waals surface area contributed by atoms with Crippen LogP contribution in [-0.4, -0.2) is 19.0 Å². The molecule has 0 unspecified atom stereocenters. The van der Waals surface area contributed by atoms with Gasteiger partial charge in [-0.2, -0.15) is 0 Å². The molecule has 2 N–H and O–H groups in total. The van der Waals surface area contributed by atoms with Gasteiger partial charge >= 0.3 is 0 Å². The van der Waals surface area contributed by atoms with Crippen molar-refractivity contribution in [1.82, 2.24) is 5.32 Å². The van der Waals surface area contributed by atoms with E-state index in [0.717, 1.165) is 18.7 Å². The van der Waals surface area contributed by atoms with E-state index in [-0.39, 0.29) is 5.91 Å². The SMILES string of the molecule is CCNC(=O)c1ccc(NCCc2ccccc2)cc1. The minimum atomic E-state index is -0.0247. The number of rotatable bonds is 6. The summed E-state index contributed by atoms with van der Waals surface area (Å²) in [5.41, 5.74) is 3.05. The summed E-state index contributed by atoms with van der Waals surface area (Å²) in [4.78, 5) is 11.6. The van der Waals surface area contributed by atoms with Crippen LogP contribution >= 0.6 is 0 Å². The highest BCUT2D eigenvalue weighted by molar-refractivity contribution is 5.94. The average Bonchev–Trinajstić information content (AvgIpc) is 2.49. The van der Waals surface area contributed by atoms with Crippen molar-refractivity contribution in [3.05, 3.63) is 65.7 Å². The van der Waals surface area contributed by atoms with Crippen molar-refractivity contribution < 1.29 is 4.79 Å². The first kappa shape index (κ1) is 14.1. The van der Waals surface area contributed by atoms with E-state index in [1.54, 1.807) is 0 Å². The monoisotopic (exact) mass is 268 g/mol. The van der Waals surface area contributed by atoms with Crippen LogP contribution in [0.2, 0.25) is 0 Å². The lowest BCUT2D eigenvalue weighted by Crippen LogP contribution is -2.22. The number of carbonyl (C=O) groups is 1. The van der Waals surface area contributed by atoms with Gasteiger partial charge in [-0.05, 0) is 43.2 Å². The Labute approximate surface area is 120 Å². The second kappa shape index (κ2) is 7.34. The molecule has 0 fully saturated rings. The number of benzene rings is 2. The van der Waals surface area contributed by atoms with Crippen LogP contribution < -0.4 is 10.6 Å². The Kier molecular flexibility index (Phi) is 5.18. The molecule has 0 aliphatic rings. The minimum Gasteiger partial charge on any atom is -0.385 e. The van der Waals surface area contributed by atoms with Gasteiger partial charge in [-0.3, -0.25) is 4.79 Å². The highest BCUT2D eigenvalue weighted by atomic mass is 16.1. The molecule has 3 nitrogen and oxygen atoms in total. The standard InChI is InChI=1S/C17H20N2O/c1-2-18-17(20)15-8-10-16(11-9-15)19-13-12-14-6-4-3-5-7-14/h3-11,19H,2,12-13H2,1H3,(H,18,20). The van der Waals surface area contributed by atoms with Gasteiger partial charge in [0.15, 0.2) is 0 Å². The molecule has 0 aliphatic carbocycles. The van der Waals surface area contributed by atoms with Gasteiger partial charge in [-0.1, -0.05) is 30.3 Å². The van der Waals surface area contributed by atoms with E-state index in [1.165, 1.54) is 5.56 Å². The first-order chi connectivity index (χ1) is 9.79. The van der Waals surface area contributed by atoms with Crippen molar-refractivity contribution >= 4 is 11.6 Å². The summed E-state index contributed by atoms with van der Waals surface area (Å²) in [7, 11) is 0. The largest absolute Gasteiger partial charge is 0.385 e. The molecule has 104 valence electrons. The maximum absolute atomic E-state index is 11.6. The van der Waals surface area contributed by atoms with Crippen molar-refractivity contribution in [2.24, 2.45) is 0 Å². The van der Waals surface area contributed by atoms with Crippen LogP contribution in [0.15, 0.2) is 54.6 Å². The van der Waals surface area contributed by atoms with Crippen molar-refractivity contribution in [1.29, 1.82) is 0 Å². The van der Waals surface area contributed by atoms with Gasteiger partial charge in [0.05, 0.1) is 0 Å². The molecule has 0 aromatic heterocycles. The zero-order valence-corrected chi connectivity index (χ0v) is 11.7. The first-order valence-corrected chi connectivity index (χ1v) is 6.95. The Balaban J connectivity index is 1.83. The Hall–Kier alpha value is -2.29. The molecule has 0 saturated heterocycles. The van der Waals surface area contributed by atoms with Gasteiger partial charge in [0.25, 0.3) is 5.91 Å². The van der Waals surface area contributed by atoms with Crippen LogP contribution in [0.3, 0.4) is 0 Å². The summed E-state index contributed by atoms with van der Waals surface area (Å²) >= 11 is 0. The highest BCUT2D eigenvalue weighted by Crippen LogP contribution is 2.10. The van der Waals surface area contributed by atoms with Crippen LogP contribution in [0, 0.1) is 0 Å². The second-order valence-electron chi connectivity index (χ2n) is 4.60. The molecule has 2 aromatic carbocycles. The third-order valence-electron chi connectivity index (χ3n) is 3.07. The van der Waals surface area contributed by atoms with Crippen LogP contribution in [0.4, 0.5) is 5.69 Å². The number of anilines is 1. The Morgan fingerprint density at radius 2 is 1.70 bits per heavy atom. The maximum Gasteiger partial charge on any atom is 0.251 e. The molecule has 0 saturated carbocycles. The van der Waals surface area contributed by atoms with Gasteiger partial charge < -0.3 is 10.6 Å². The average molecular weight is 268 g/mol. The summed E-state index contributed by atoms with van der Waals surface area (Å²) in [6.45, 7) is 3.44. The van der Waals surface area contributed by atoms with E-state index in [0.29, 0.717) is 12.1 Å². The van der Waals surface area contributed by atoms with Crippen LogP contribution in [0.5, 0.6) is 0 Å². The number of amides is 1. The van der Waals surface area contributed by atoms with E-state index in [4.69, 9.17) is 0 Å². The molecule has 2 aromatic rings. The van der Waals surface area contributed by atoms with Gasteiger partial charge in [-0.15, -0.1) is 0 Å². The Morgan fingerprint density at radius 3 is 2.35 bits per heavy atom. The Bertz CT molecular complexity index is 535. The molecule has 0 radical (unpaired) electrons. The van der Waals surface area contributed by atoms with Crippen molar-refractivity contribution in [3.63, 3.8) is 0 Å². The fourth-order valence-electron chi connectivity index (χ4n) is 2.00. The van der Waals surface area contributed by atoms with E-state index >= 15 is 0 Å². The van der Waals surface area contributed by atoms with Gasteiger partial charge in [0.1, 0.15) is 0 Å². The summed E-state index contributed by atoms with van der Waals surface area (Å²) in [5.74, 6) is -0.0247. The van der Waals surface area contributed by atoms with E-state index in [2.05, 4.69) is 34.9 Å². The van der Waals surface area contributed by atoms with E-state index in [9.17, 15) is 4.79 Å². The summed E-state index contributed by atoms with van der Waals surface area (Å²) < 4.78 is 0. The third kappa shape index (κ3) is 4.12. The molecule has 0 aliphatic heterocycles. The smallest absolute Gasteiger partial charge is 0.251 e. The number of hydrogen-bond acceptors (Lipinski definition) is 2. The molecule has 1 amide bonds. The molecule has 3 heteroatoms. The molecular formula is C17H20N2O. The van der Waals surface area contributed by atoms with E-state index < -0.39 is 0 Å². The fraction of sp³-hybridized carbons (Fsp3) is 0.235. The first-order valence-electron chi connectivity index (χ1n) is 6.95. The molecule has 0 spiro atoms. The molecule has 2 rings (SSSR count). The van der Waals surface area contributed by atoms with Gasteiger partial charge in [0.2, 0.25) is 0 Å². The Morgan fingerprint density at radius 1 is 1.00 bits per heavy atom. The van der Waals surface area contributed by atoms with Crippen molar-refractivity contribution in [2.75, 3.05) is 18.4 Å².